The monoisotopic (exact) mass is 424 g/mol. The molecule has 0 aromatic heterocycles. The van der Waals surface area contributed by atoms with Gasteiger partial charge in [0.1, 0.15) is 0 Å². The molecular weight excluding hydrogens is 392 g/mol. The van der Waals surface area contributed by atoms with Crippen LogP contribution < -0.4 is 10.6 Å². The van der Waals surface area contributed by atoms with Gasteiger partial charge in [0.15, 0.2) is 0 Å². The zero-order valence-corrected chi connectivity index (χ0v) is 18.1. The average molecular weight is 425 g/mol. The van der Waals surface area contributed by atoms with Crippen LogP contribution in [-0.2, 0) is 16.6 Å². The van der Waals surface area contributed by atoms with Crippen molar-refractivity contribution in [1.82, 2.24) is 19.8 Å². The molecular formula is C20H32N4O4S. The number of rotatable bonds is 8. The normalized spacial score (nSPS) is 15.1. The quantitative estimate of drug-likeness (QED) is 0.622. The Morgan fingerprint density at radius 2 is 1.66 bits per heavy atom. The molecule has 29 heavy (non-hydrogen) atoms. The fraction of sp³-hybridized carbons (Fsp3) is 0.600. The largest absolute Gasteiger partial charge is 0.339 e. The van der Waals surface area contributed by atoms with Crippen molar-refractivity contribution < 1.29 is 18.0 Å². The molecule has 1 aromatic rings. The van der Waals surface area contributed by atoms with E-state index in [2.05, 4.69) is 10.6 Å². The van der Waals surface area contributed by atoms with Crippen molar-refractivity contribution in [3.63, 3.8) is 0 Å². The van der Waals surface area contributed by atoms with Crippen molar-refractivity contribution >= 4 is 22.0 Å². The van der Waals surface area contributed by atoms with Crippen LogP contribution >= 0.6 is 0 Å². The van der Waals surface area contributed by atoms with Crippen LogP contribution in [0.2, 0.25) is 0 Å². The van der Waals surface area contributed by atoms with E-state index in [0.29, 0.717) is 31.6 Å². The Bertz CT molecular complexity index is 772. The van der Waals surface area contributed by atoms with Gasteiger partial charge in [-0.15, -0.1) is 0 Å². The molecule has 2 N–H and O–H groups in total. The molecule has 0 atom stereocenters. The molecule has 0 unspecified atom stereocenters. The predicted molar refractivity (Wildman–Crippen MR) is 113 cm³/mol. The highest BCUT2D eigenvalue weighted by molar-refractivity contribution is 7.88. The topological polar surface area (TPSA) is 98.8 Å². The summed E-state index contributed by atoms with van der Waals surface area (Å²) in [5.41, 5.74) is 1.58. The van der Waals surface area contributed by atoms with Gasteiger partial charge in [0.05, 0.1) is 6.26 Å². The second-order valence-corrected chi connectivity index (χ2v) is 9.54. The number of carbonyl (C=O) groups excluding carboxylic acids is 2. The molecule has 1 heterocycles. The Balaban J connectivity index is 1.71. The summed E-state index contributed by atoms with van der Waals surface area (Å²) < 4.78 is 23.8. The summed E-state index contributed by atoms with van der Waals surface area (Å²) in [5, 5.41) is 5.47. The Morgan fingerprint density at radius 3 is 2.24 bits per heavy atom. The van der Waals surface area contributed by atoms with Crippen LogP contribution in [0.25, 0.3) is 0 Å². The van der Waals surface area contributed by atoms with Crippen molar-refractivity contribution in [1.29, 1.82) is 0 Å². The van der Waals surface area contributed by atoms with E-state index in [4.69, 9.17) is 0 Å². The van der Waals surface area contributed by atoms with Crippen molar-refractivity contribution in [2.24, 2.45) is 0 Å². The van der Waals surface area contributed by atoms with Crippen LogP contribution in [0.15, 0.2) is 24.3 Å². The molecule has 162 valence electrons. The third-order valence-corrected chi connectivity index (χ3v) is 6.36. The number of carbonyl (C=O) groups is 2. The lowest BCUT2D eigenvalue weighted by Crippen LogP contribution is -2.37. The SMILES string of the molecule is CN(CCCNC(=O)NCc1ccc(C(=O)N2CCCCCC2)cc1)S(C)(=O)=O. The van der Waals surface area contributed by atoms with Crippen LogP contribution in [0.5, 0.6) is 0 Å². The van der Waals surface area contributed by atoms with Gasteiger partial charge >= 0.3 is 6.03 Å². The molecule has 2 rings (SSSR count). The Hall–Kier alpha value is -2.13. The molecule has 1 saturated heterocycles. The van der Waals surface area contributed by atoms with Gasteiger partial charge in [-0.3, -0.25) is 4.79 Å². The van der Waals surface area contributed by atoms with Crippen molar-refractivity contribution in [2.75, 3.05) is 39.5 Å². The lowest BCUT2D eigenvalue weighted by atomic mass is 10.1. The second-order valence-electron chi connectivity index (χ2n) is 7.45. The van der Waals surface area contributed by atoms with Gasteiger partial charge in [0, 0.05) is 45.3 Å². The molecule has 0 spiro atoms. The summed E-state index contributed by atoms with van der Waals surface area (Å²) in [6, 6.07) is 7.02. The van der Waals surface area contributed by atoms with Crippen LogP contribution in [0.1, 0.15) is 48.0 Å². The van der Waals surface area contributed by atoms with Crippen LogP contribution in [0.4, 0.5) is 4.79 Å². The molecule has 1 aliphatic rings. The van der Waals surface area contributed by atoms with Crippen LogP contribution in [0, 0.1) is 0 Å². The van der Waals surface area contributed by atoms with Gasteiger partial charge < -0.3 is 15.5 Å². The number of nitrogens with zero attached hydrogens (tertiary/aromatic N) is 2. The van der Waals surface area contributed by atoms with Gasteiger partial charge in [-0.1, -0.05) is 25.0 Å². The van der Waals surface area contributed by atoms with E-state index in [-0.39, 0.29) is 11.9 Å². The van der Waals surface area contributed by atoms with Gasteiger partial charge in [0.25, 0.3) is 5.91 Å². The third kappa shape index (κ3) is 8.02. The first-order valence-corrected chi connectivity index (χ1v) is 11.9. The number of sulfonamides is 1. The average Bonchev–Trinajstić information content (AvgIpc) is 2.98. The van der Waals surface area contributed by atoms with Crippen molar-refractivity contribution in [2.45, 2.75) is 38.6 Å². The molecule has 0 saturated carbocycles. The maximum absolute atomic E-state index is 12.6. The smallest absolute Gasteiger partial charge is 0.315 e. The minimum absolute atomic E-state index is 0.0724. The van der Waals surface area contributed by atoms with E-state index in [1.165, 1.54) is 24.2 Å². The highest BCUT2D eigenvalue weighted by Gasteiger charge is 2.17. The maximum atomic E-state index is 12.6. The van der Waals surface area contributed by atoms with E-state index in [0.717, 1.165) is 37.8 Å². The first-order chi connectivity index (χ1) is 13.8. The van der Waals surface area contributed by atoms with Gasteiger partial charge in [-0.2, -0.15) is 0 Å². The number of benzene rings is 1. The molecule has 1 aliphatic heterocycles. The minimum atomic E-state index is -3.19. The fourth-order valence-corrected chi connectivity index (χ4v) is 3.60. The predicted octanol–water partition coefficient (Wildman–Crippen LogP) is 1.78. The molecule has 3 amide bonds. The number of urea groups is 1. The lowest BCUT2D eigenvalue weighted by Gasteiger charge is -2.20. The summed E-state index contributed by atoms with van der Waals surface area (Å²) in [7, 11) is -1.68. The third-order valence-electron chi connectivity index (χ3n) is 5.05. The molecule has 0 aliphatic carbocycles. The first-order valence-electron chi connectivity index (χ1n) is 10.1. The summed E-state index contributed by atoms with van der Waals surface area (Å²) >= 11 is 0. The summed E-state index contributed by atoms with van der Waals surface area (Å²) in [6.07, 6.45) is 6.18. The minimum Gasteiger partial charge on any atom is -0.339 e. The van der Waals surface area contributed by atoms with Gasteiger partial charge in [-0.25, -0.2) is 17.5 Å². The fourth-order valence-electron chi connectivity index (χ4n) is 3.14. The second kappa shape index (κ2) is 11.2. The van der Waals surface area contributed by atoms with Crippen LogP contribution in [-0.4, -0.2) is 69.0 Å². The van der Waals surface area contributed by atoms with Gasteiger partial charge in [-0.05, 0) is 37.0 Å². The first kappa shape index (κ1) is 23.2. The number of hydrogen-bond acceptors (Lipinski definition) is 4. The summed E-state index contributed by atoms with van der Waals surface area (Å²) in [4.78, 5) is 26.4. The van der Waals surface area contributed by atoms with E-state index >= 15 is 0 Å². The number of likely N-dealkylation sites (tertiary alicyclic amines) is 1. The number of hydrogen-bond donors (Lipinski definition) is 2. The Morgan fingerprint density at radius 1 is 1.03 bits per heavy atom. The summed E-state index contributed by atoms with van der Waals surface area (Å²) in [6.45, 7) is 2.73. The summed E-state index contributed by atoms with van der Waals surface area (Å²) in [5.74, 6) is 0.0724. The van der Waals surface area contributed by atoms with E-state index in [1.807, 2.05) is 29.2 Å². The Labute approximate surface area is 173 Å². The highest BCUT2D eigenvalue weighted by Crippen LogP contribution is 2.14. The molecule has 8 nitrogen and oxygen atoms in total. The van der Waals surface area contributed by atoms with Crippen molar-refractivity contribution in [3.8, 4) is 0 Å². The zero-order valence-electron chi connectivity index (χ0n) is 17.3. The van der Waals surface area contributed by atoms with E-state index in [9.17, 15) is 18.0 Å². The Kier molecular flexibility index (Phi) is 8.91. The number of amides is 3. The highest BCUT2D eigenvalue weighted by atomic mass is 32.2. The molecule has 9 heteroatoms. The molecule has 1 fully saturated rings. The molecule has 0 radical (unpaired) electrons. The molecule has 1 aromatic carbocycles. The zero-order chi connectivity index (χ0) is 21.3. The van der Waals surface area contributed by atoms with E-state index in [1.54, 1.807) is 0 Å². The molecule has 0 bridgehead atoms. The lowest BCUT2D eigenvalue weighted by molar-refractivity contribution is 0.0761. The maximum Gasteiger partial charge on any atom is 0.315 e. The van der Waals surface area contributed by atoms with Crippen molar-refractivity contribution in [3.05, 3.63) is 35.4 Å². The van der Waals surface area contributed by atoms with Crippen LogP contribution in [0.3, 0.4) is 0 Å². The van der Waals surface area contributed by atoms with E-state index < -0.39 is 10.0 Å². The van der Waals surface area contributed by atoms with Gasteiger partial charge in [0.2, 0.25) is 10.0 Å². The number of nitrogens with one attached hydrogen (secondary N) is 2. The standard InChI is InChI=1S/C20H32N4O4S/c1-23(29(2,27)28)13-7-12-21-20(26)22-16-17-8-10-18(11-9-17)19(25)24-14-5-3-4-6-15-24/h8-11H,3-7,12-16H2,1-2H3,(H2,21,22,26).